The third-order valence-corrected chi connectivity index (χ3v) is 2.64. The van der Waals surface area contributed by atoms with Gasteiger partial charge in [0.25, 0.3) is 0 Å². The SMILES string of the molecule is C#CC=CC(C=CC=CC)C(CC)CC. The highest BCUT2D eigenvalue weighted by Crippen LogP contribution is 2.22. The van der Waals surface area contributed by atoms with Crippen LogP contribution in [-0.2, 0) is 0 Å². The van der Waals surface area contributed by atoms with Gasteiger partial charge in [0.05, 0.1) is 0 Å². The second-order valence-corrected chi connectivity index (χ2v) is 3.59. The van der Waals surface area contributed by atoms with Gasteiger partial charge in [-0.25, -0.2) is 0 Å². The first-order valence-corrected chi connectivity index (χ1v) is 5.72. The average molecular weight is 202 g/mol. The van der Waals surface area contributed by atoms with Crippen molar-refractivity contribution in [1.82, 2.24) is 0 Å². The lowest BCUT2D eigenvalue weighted by atomic mass is 9.87. The van der Waals surface area contributed by atoms with Crippen LogP contribution in [0.1, 0.15) is 33.6 Å². The molecule has 0 heteroatoms. The lowest BCUT2D eigenvalue weighted by Crippen LogP contribution is -2.08. The Morgan fingerprint density at radius 1 is 1.13 bits per heavy atom. The highest BCUT2D eigenvalue weighted by Gasteiger charge is 2.11. The van der Waals surface area contributed by atoms with E-state index in [0.717, 1.165) is 0 Å². The van der Waals surface area contributed by atoms with Crippen LogP contribution >= 0.6 is 0 Å². The molecule has 0 aliphatic heterocycles. The molecule has 0 aromatic heterocycles. The van der Waals surface area contributed by atoms with E-state index >= 15 is 0 Å². The molecular formula is C15H22. The van der Waals surface area contributed by atoms with E-state index in [1.807, 2.05) is 19.1 Å². The Labute approximate surface area is 94.8 Å². The predicted molar refractivity (Wildman–Crippen MR) is 69.5 cm³/mol. The largest absolute Gasteiger partial charge is 0.115 e. The Balaban J connectivity index is 4.56. The zero-order valence-electron chi connectivity index (χ0n) is 10.1. The van der Waals surface area contributed by atoms with Crippen LogP contribution in [0.3, 0.4) is 0 Å². The summed E-state index contributed by atoms with van der Waals surface area (Å²) in [6, 6.07) is 0. The molecule has 0 heterocycles. The molecule has 0 aromatic rings. The number of hydrogen-bond donors (Lipinski definition) is 0. The van der Waals surface area contributed by atoms with E-state index in [1.54, 1.807) is 0 Å². The fourth-order valence-corrected chi connectivity index (χ4v) is 1.68. The van der Waals surface area contributed by atoms with E-state index in [1.165, 1.54) is 12.8 Å². The molecule has 15 heavy (non-hydrogen) atoms. The predicted octanol–water partition coefficient (Wildman–Crippen LogP) is 4.36. The van der Waals surface area contributed by atoms with Crippen molar-refractivity contribution in [2.75, 3.05) is 0 Å². The van der Waals surface area contributed by atoms with Crippen molar-refractivity contribution in [3.63, 3.8) is 0 Å². The molecule has 0 amide bonds. The summed E-state index contributed by atoms with van der Waals surface area (Å²) >= 11 is 0. The lowest BCUT2D eigenvalue weighted by Gasteiger charge is -2.18. The van der Waals surface area contributed by atoms with Gasteiger partial charge in [-0.05, 0) is 24.8 Å². The van der Waals surface area contributed by atoms with Gasteiger partial charge >= 0.3 is 0 Å². The average Bonchev–Trinajstić information content (AvgIpc) is 2.26. The fourth-order valence-electron chi connectivity index (χ4n) is 1.68. The Bertz CT molecular complexity index is 256. The quantitative estimate of drug-likeness (QED) is 0.443. The van der Waals surface area contributed by atoms with Crippen molar-refractivity contribution in [2.45, 2.75) is 33.6 Å². The first-order chi connectivity index (χ1) is 7.29. The monoisotopic (exact) mass is 202 g/mol. The normalized spacial score (nSPS) is 14.3. The van der Waals surface area contributed by atoms with Gasteiger partial charge in [-0.15, -0.1) is 6.42 Å². The molecule has 0 radical (unpaired) electrons. The minimum atomic E-state index is 0.465. The van der Waals surface area contributed by atoms with E-state index in [9.17, 15) is 0 Å². The Morgan fingerprint density at radius 2 is 1.80 bits per heavy atom. The van der Waals surface area contributed by atoms with Crippen molar-refractivity contribution in [1.29, 1.82) is 0 Å². The van der Waals surface area contributed by atoms with E-state index < -0.39 is 0 Å². The zero-order valence-corrected chi connectivity index (χ0v) is 10.1. The third-order valence-electron chi connectivity index (χ3n) is 2.64. The van der Waals surface area contributed by atoms with Crippen molar-refractivity contribution in [3.05, 3.63) is 36.5 Å². The topological polar surface area (TPSA) is 0 Å². The second-order valence-electron chi connectivity index (χ2n) is 3.59. The van der Waals surface area contributed by atoms with Gasteiger partial charge in [0.1, 0.15) is 0 Å². The first kappa shape index (κ1) is 13.8. The summed E-state index contributed by atoms with van der Waals surface area (Å²) in [6.07, 6.45) is 20.0. The van der Waals surface area contributed by atoms with Gasteiger partial charge in [0.2, 0.25) is 0 Å². The fraction of sp³-hybridized carbons (Fsp3) is 0.467. The van der Waals surface area contributed by atoms with Gasteiger partial charge in [0, 0.05) is 0 Å². The molecule has 0 spiro atoms. The molecule has 0 bridgehead atoms. The van der Waals surface area contributed by atoms with Crippen LogP contribution in [0.2, 0.25) is 0 Å². The summed E-state index contributed by atoms with van der Waals surface area (Å²) in [6.45, 7) is 6.48. The van der Waals surface area contributed by atoms with E-state index in [0.29, 0.717) is 11.8 Å². The molecule has 0 nitrogen and oxygen atoms in total. The van der Waals surface area contributed by atoms with E-state index in [4.69, 9.17) is 6.42 Å². The summed E-state index contributed by atoms with van der Waals surface area (Å²) in [5.41, 5.74) is 0. The van der Waals surface area contributed by atoms with Crippen molar-refractivity contribution >= 4 is 0 Å². The summed E-state index contributed by atoms with van der Waals surface area (Å²) in [4.78, 5) is 0. The molecule has 0 fully saturated rings. The van der Waals surface area contributed by atoms with Gasteiger partial charge < -0.3 is 0 Å². The molecule has 82 valence electrons. The maximum atomic E-state index is 5.24. The first-order valence-electron chi connectivity index (χ1n) is 5.72. The van der Waals surface area contributed by atoms with E-state index in [2.05, 4.69) is 44.1 Å². The van der Waals surface area contributed by atoms with Crippen LogP contribution in [0.15, 0.2) is 36.5 Å². The van der Waals surface area contributed by atoms with E-state index in [-0.39, 0.29) is 0 Å². The lowest BCUT2D eigenvalue weighted by molar-refractivity contribution is 0.425. The van der Waals surface area contributed by atoms with Crippen LogP contribution in [0.4, 0.5) is 0 Å². The minimum absolute atomic E-state index is 0.465. The third kappa shape index (κ3) is 5.96. The maximum absolute atomic E-state index is 5.24. The van der Waals surface area contributed by atoms with Crippen LogP contribution in [0.5, 0.6) is 0 Å². The molecule has 0 rings (SSSR count). The Hall–Kier alpha value is -1.22. The highest BCUT2D eigenvalue weighted by molar-refractivity contribution is 5.15. The molecule has 0 aromatic carbocycles. The number of allylic oxidation sites excluding steroid dienone is 6. The Morgan fingerprint density at radius 3 is 2.27 bits per heavy atom. The smallest absolute Gasteiger partial charge is 0.00129 e. The molecule has 0 saturated carbocycles. The maximum Gasteiger partial charge on any atom is -0.00129 e. The second kappa shape index (κ2) is 9.34. The Kier molecular flexibility index (Phi) is 8.58. The van der Waals surface area contributed by atoms with Crippen LogP contribution in [0, 0.1) is 24.2 Å². The molecule has 0 aliphatic carbocycles. The van der Waals surface area contributed by atoms with Crippen LogP contribution < -0.4 is 0 Å². The minimum Gasteiger partial charge on any atom is -0.115 e. The van der Waals surface area contributed by atoms with Gasteiger partial charge in [-0.2, -0.15) is 0 Å². The van der Waals surface area contributed by atoms with Gasteiger partial charge in [-0.1, -0.05) is 63.0 Å². The zero-order chi connectivity index (χ0) is 11.5. The van der Waals surface area contributed by atoms with Crippen LogP contribution in [0.25, 0.3) is 0 Å². The highest BCUT2D eigenvalue weighted by atomic mass is 14.2. The van der Waals surface area contributed by atoms with Crippen LogP contribution in [-0.4, -0.2) is 0 Å². The van der Waals surface area contributed by atoms with Gasteiger partial charge in [-0.3, -0.25) is 0 Å². The molecule has 0 saturated heterocycles. The van der Waals surface area contributed by atoms with Gasteiger partial charge in [0.15, 0.2) is 0 Å². The van der Waals surface area contributed by atoms with Crippen molar-refractivity contribution in [3.8, 4) is 12.3 Å². The van der Waals surface area contributed by atoms with Crippen molar-refractivity contribution < 1.29 is 0 Å². The molecule has 1 unspecified atom stereocenters. The number of hydrogen-bond acceptors (Lipinski definition) is 0. The summed E-state index contributed by atoms with van der Waals surface area (Å²) in [7, 11) is 0. The summed E-state index contributed by atoms with van der Waals surface area (Å²) < 4.78 is 0. The molecular weight excluding hydrogens is 180 g/mol. The summed E-state index contributed by atoms with van der Waals surface area (Å²) in [5.74, 6) is 3.72. The molecule has 1 atom stereocenters. The number of rotatable bonds is 6. The number of terminal acetylenes is 1. The molecule has 0 aliphatic rings. The van der Waals surface area contributed by atoms with Crippen molar-refractivity contribution in [2.24, 2.45) is 11.8 Å². The standard InChI is InChI=1S/C15H22/c1-5-9-11-13-15(12-10-6-2)14(7-3)8-4/h2,5,9-15H,7-8H2,1,3-4H3. The summed E-state index contributed by atoms with van der Waals surface area (Å²) in [5, 5.41) is 0. The molecule has 0 N–H and O–H groups in total.